The molecular formula is C15H25N3O2S. The fourth-order valence-corrected chi connectivity index (χ4v) is 4.20. The smallest absolute Gasteiger partial charge is 0.186 e. The first-order valence-electron chi connectivity index (χ1n) is 7.88. The summed E-state index contributed by atoms with van der Waals surface area (Å²) in [6, 6.07) is 0. The lowest BCUT2D eigenvalue weighted by molar-refractivity contribution is 0.0305. The fraction of sp³-hybridized carbons (Fsp3) is 0.800. The molecule has 0 amide bonds. The van der Waals surface area contributed by atoms with Crippen molar-refractivity contribution in [3.63, 3.8) is 0 Å². The maximum Gasteiger partial charge on any atom is 0.186 e. The molecule has 3 heterocycles. The lowest BCUT2D eigenvalue weighted by atomic mass is 10.2. The van der Waals surface area contributed by atoms with Crippen LogP contribution in [0.2, 0.25) is 0 Å². The Morgan fingerprint density at radius 1 is 1.38 bits per heavy atom. The SMILES string of the molecule is CCc1nc(N2CC3CCC(C2)O3)sc1CNCCOC. The van der Waals surface area contributed by atoms with Crippen LogP contribution in [0.4, 0.5) is 5.13 Å². The van der Waals surface area contributed by atoms with Gasteiger partial charge in [-0.2, -0.15) is 0 Å². The normalized spacial score (nSPS) is 24.8. The second-order valence-electron chi connectivity index (χ2n) is 5.75. The van der Waals surface area contributed by atoms with Gasteiger partial charge in [-0.15, -0.1) is 11.3 Å². The molecule has 2 fully saturated rings. The van der Waals surface area contributed by atoms with Gasteiger partial charge in [0, 0.05) is 38.2 Å². The van der Waals surface area contributed by atoms with Crippen molar-refractivity contribution in [2.45, 2.75) is 44.9 Å². The van der Waals surface area contributed by atoms with Crippen LogP contribution < -0.4 is 10.2 Å². The van der Waals surface area contributed by atoms with E-state index in [9.17, 15) is 0 Å². The molecule has 6 heteroatoms. The van der Waals surface area contributed by atoms with Crippen LogP contribution in [0.5, 0.6) is 0 Å². The van der Waals surface area contributed by atoms with Crippen molar-refractivity contribution >= 4 is 16.5 Å². The molecule has 118 valence electrons. The highest BCUT2D eigenvalue weighted by molar-refractivity contribution is 7.15. The number of methoxy groups -OCH3 is 1. The Morgan fingerprint density at radius 2 is 2.14 bits per heavy atom. The number of ether oxygens (including phenoxy) is 2. The van der Waals surface area contributed by atoms with Crippen LogP contribution in [0.25, 0.3) is 0 Å². The highest BCUT2D eigenvalue weighted by atomic mass is 32.1. The molecule has 0 aliphatic carbocycles. The van der Waals surface area contributed by atoms with Crippen molar-refractivity contribution < 1.29 is 9.47 Å². The van der Waals surface area contributed by atoms with Gasteiger partial charge in [0.2, 0.25) is 0 Å². The topological polar surface area (TPSA) is 46.6 Å². The Hall–Kier alpha value is -0.690. The molecule has 21 heavy (non-hydrogen) atoms. The van der Waals surface area contributed by atoms with Crippen LogP contribution >= 0.6 is 11.3 Å². The van der Waals surface area contributed by atoms with Crippen LogP contribution in [0.15, 0.2) is 0 Å². The van der Waals surface area contributed by atoms with E-state index >= 15 is 0 Å². The Bertz CT molecular complexity index is 454. The van der Waals surface area contributed by atoms with Gasteiger partial charge in [-0.25, -0.2) is 4.98 Å². The molecule has 2 unspecified atom stereocenters. The van der Waals surface area contributed by atoms with Gasteiger partial charge in [0.1, 0.15) is 0 Å². The van der Waals surface area contributed by atoms with Crippen molar-refractivity contribution in [1.82, 2.24) is 10.3 Å². The minimum Gasteiger partial charge on any atom is -0.383 e. The quantitative estimate of drug-likeness (QED) is 0.778. The molecular weight excluding hydrogens is 286 g/mol. The zero-order chi connectivity index (χ0) is 14.7. The molecule has 2 aliphatic rings. The van der Waals surface area contributed by atoms with Gasteiger partial charge in [0.25, 0.3) is 0 Å². The van der Waals surface area contributed by atoms with Crippen molar-refractivity contribution in [3.05, 3.63) is 10.6 Å². The summed E-state index contributed by atoms with van der Waals surface area (Å²) in [6.07, 6.45) is 4.24. The molecule has 2 aliphatic heterocycles. The number of morpholine rings is 1. The summed E-state index contributed by atoms with van der Waals surface area (Å²) < 4.78 is 11.0. The van der Waals surface area contributed by atoms with Crippen molar-refractivity contribution in [1.29, 1.82) is 0 Å². The first-order chi connectivity index (χ1) is 10.3. The minimum absolute atomic E-state index is 0.418. The summed E-state index contributed by atoms with van der Waals surface area (Å²) in [5, 5.41) is 4.60. The molecule has 2 saturated heterocycles. The zero-order valence-electron chi connectivity index (χ0n) is 12.9. The van der Waals surface area contributed by atoms with E-state index in [-0.39, 0.29) is 0 Å². The number of anilines is 1. The van der Waals surface area contributed by atoms with E-state index in [2.05, 4.69) is 17.1 Å². The maximum atomic E-state index is 5.91. The molecule has 1 aromatic heterocycles. The number of thiazole rings is 1. The highest BCUT2D eigenvalue weighted by Gasteiger charge is 2.34. The third kappa shape index (κ3) is 3.56. The average molecular weight is 311 g/mol. The lowest BCUT2D eigenvalue weighted by Gasteiger charge is -2.31. The number of nitrogens with zero attached hydrogens (tertiary/aromatic N) is 2. The second kappa shape index (κ2) is 7.05. The molecule has 0 spiro atoms. The van der Waals surface area contributed by atoms with E-state index in [0.717, 1.165) is 39.2 Å². The third-order valence-electron chi connectivity index (χ3n) is 4.18. The van der Waals surface area contributed by atoms with Crippen LogP contribution in [0.3, 0.4) is 0 Å². The lowest BCUT2D eigenvalue weighted by Crippen LogP contribution is -2.42. The predicted octanol–water partition coefficient (Wildman–Crippen LogP) is 1.81. The highest BCUT2D eigenvalue weighted by Crippen LogP contribution is 2.33. The molecule has 0 radical (unpaired) electrons. The summed E-state index contributed by atoms with van der Waals surface area (Å²) in [6.45, 7) is 6.71. The number of aryl methyl sites for hydroxylation is 1. The van der Waals surface area contributed by atoms with Gasteiger partial charge < -0.3 is 19.7 Å². The molecule has 5 nitrogen and oxygen atoms in total. The van der Waals surface area contributed by atoms with Gasteiger partial charge in [-0.1, -0.05) is 6.92 Å². The standard InChI is InChI=1S/C15H25N3O2S/c1-3-13-14(8-16-6-7-19-2)21-15(17-13)18-9-11-4-5-12(10-18)20-11/h11-12,16H,3-10H2,1-2H3. The molecule has 2 atom stereocenters. The Morgan fingerprint density at radius 3 is 2.81 bits per heavy atom. The van der Waals surface area contributed by atoms with E-state index in [1.807, 2.05) is 11.3 Å². The number of fused-ring (bicyclic) bond motifs is 2. The number of aromatic nitrogens is 1. The fourth-order valence-electron chi connectivity index (χ4n) is 3.07. The Labute approximate surface area is 130 Å². The van der Waals surface area contributed by atoms with Gasteiger partial charge in [0.05, 0.1) is 24.5 Å². The van der Waals surface area contributed by atoms with E-state index in [1.54, 1.807) is 7.11 Å². The van der Waals surface area contributed by atoms with Gasteiger partial charge in [-0.3, -0.25) is 0 Å². The molecule has 0 aromatic carbocycles. The van der Waals surface area contributed by atoms with Gasteiger partial charge >= 0.3 is 0 Å². The van der Waals surface area contributed by atoms with Gasteiger partial charge in [0.15, 0.2) is 5.13 Å². The zero-order valence-corrected chi connectivity index (χ0v) is 13.7. The summed E-state index contributed by atoms with van der Waals surface area (Å²) in [5.74, 6) is 0. The number of rotatable bonds is 7. The van der Waals surface area contributed by atoms with E-state index < -0.39 is 0 Å². The molecule has 0 saturated carbocycles. The van der Waals surface area contributed by atoms with E-state index in [1.165, 1.54) is 28.5 Å². The third-order valence-corrected chi connectivity index (χ3v) is 5.34. The second-order valence-corrected chi connectivity index (χ2v) is 6.81. The first-order valence-corrected chi connectivity index (χ1v) is 8.70. The van der Waals surface area contributed by atoms with Crippen LogP contribution in [-0.4, -0.2) is 50.5 Å². The van der Waals surface area contributed by atoms with Crippen LogP contribution in [0, 0.1) is 0 Å². The monoisotopic (exact) mass is 311 g/mol. The van der Waals surface area contributed by atoms with Crippen LogP contribution in [0.1, 0.15) is 30.3 Å². The Balaban J connectivity index is 1.64. The summed E-state index contributed by atoms with van der Waals surface area (Å²) in [5.41, 5.74) is 1.23. The van der Waals surface area contributed by atoms with Crippen molar-refractivity contribution in [3.8, 4) is 0 Å². The number of hydrogen-bond donors (Lipinski definition) is 1. The van der Waals surface area contributed by atoms with Gasteiger partial charge in [-0.05, 0) is 19.3 Å². The molecule has 1 N–H and O–H groups in total. The summed E-state index contributed by atoms with van der Waals surface area (Å²) >= 11 is 1.84. The number of hydrogen-bond acceptors (Lipinski definition) is 6. The van der Waals surface area contributed by atoms with Crippen molar-refractivity contribution in [2.24, 2.45) is 0 Å². The first kappa shape index (κ1) is 15.2. The summed E-state index contributed by atoms with van der Waals surface area (Å²) in [7, 11) is 1.73. The average Bonchev–Trinajstić information content (AvgIpc) is 3.07. The number of nitrogens with one attached hydrogen (secondary N) is 1. The predicted molar refractivity (Wildman–Crippen MR) is 85.2 cm³/mol. The maximum absolute atomic E-state index is 5.91. The van der Waals surface area contributed by atoms with Crippen LogP contribution in [-0.2, 0) is 22.4 Å². The molecule has 3 rings (SSSR count). The van der Waals surface area contributed by atoms with Crippen molar-refractivity contribution in [2.75, 3.05) is 38.3 Å². The molecule has 2 bridgehead atoms. The minimum atomic E-state index is 0.418. The van der Waals surface area contributed by atoms with E-state index in [4.69, 9.17) is 14.5 Å². The largest absolute Gasteiger partial charge is 0.383 e. The van der Waals surface area contributed by atoms with E-state index in [0.29, 0.717) is 12.2 Å². The summed E-state index contributed by atoms with van der Waals surface area (Å²) in [4.78, 5) is 8.65. The Kier molecular flexibility index (Phi) is 5.11. The molecule has 1 aromatic rings.